The molecule has 0 saturated carbocycles. The van der Waals surface area contributed by atoms with Crippen molar-refractivity contribution in [2.75, 3.05) is 13.9 Å². The van der Waals surface area contributed by atoms with Gasteiger partial charge in [0.25, 0.3) is 0 Å². The van der Waals surface area contributed by atoms with Crippen molar-refractivity contribution in [2.45, 2.75) is 26.7 Å². The van der Waals surface area contributed by atoms with E-state index in [1.54, 1.807) is 7.11 Å². The van der Waals surface area contributed by atoms with Gasteiger partial charge in [-0.25, -0.2) is 0 Å². The summed E-state index contributed by atoms with van der Waals surface area (Å²) in [5.41, 5.74) is 4.97. The highest BCUT2D eigenvalue weighted by molar-refractivity contribution is 5.69. The Balaban J connectivity index is 2.27. The fraction of sp³-hybridized carbons (Fsp3) is 0.333. The van der Waals surface area contributed by atoms with E-state index < -0.39 is 0 Å². The minimum Gasteiger partial charge on any atom is -0.467 e. The Morgan fingerprint density at radius 2 is 1.75 bits per heavy atom. The SMILES string of the molecule is CCCc1ccc(-c2cccc(OCOC)c2C)cc1. The zero-order valence-corrected chi connectivity index (χ0v) is 12.5. The summed E-state index contributed by atoms with van der Waals surface area (Å²) in [6, 6.07) is 14.9. The first-order valence-electron chi connectivity index (χ1n) is 7.07. The lowest BCUT2D eigenvalue weighted by molar-refractivity contribution is 0.0507. The van der Waals surface area contributed by atoms with Gasteiger partial charge in [0.2, 0.25) is 0 Å². The second-order valence-corrected chi connectivity index (χ2v) is 4.93. The normalized spacial score (nSPS) is 10.6. The van der Waals surface area contributed by atoms with Crippen LogP contribution in [-0.4, -0.2) is 13.9 Å². The van der Waals surface area contributed by atoms with E-state index >= 15 is 0 Å². The van der Waals surface area contributed by atoms with Gasteiger partial charge in [0.05, 0.1) is 0 Å². The van der Waals surface area contributed by atoms with Gasteiger partial charge >= 0.3 is 0 Å². The first kappa shape index (κ1) is 14.6. The molecule has 0 radical (unpaired) electrons. The summed E-state index contributed by atoms with van der Waals surface area (Å²) in [4.78, 5) is 0. The van der Waals surface area contributed by atoms with Gasteiger partial charge in [-0.05, 0) is 41.7 Å². The van der Waals surface area contributed by atoms with Gasteiger partial charge in [-0.1, -0.05) is 49.7 Å². The molecule has 0 aliphatic carbocycles. The first-order valence-corrected chi connectivity index (χ1v) is 7.07. The summed E-state index contributed by atoms with van der Waals surface area (Å²) in [6.07, 6.45) is 2.31. The molecule has 0 spiro atoms. The number of rotatable bonds is 6. The highest BCUT2D eigenvalue weighted by Gasteiger charge is 2.07. The second-order valence-electron chi connectivity index (χ2n) is 4.93. The molecule has 0 bridgehead atoms. The van der Waals surface area contributed by atoms with Crippen molar-refractivity contribution in [3.8, 4) is 16.9 Å². The number of aryl methyl sites for hydroxylation is 1. The van der Waals surface area contributed by atoms with E-state index in [1.807, 2.05) is 12.1 Å². The molecule has 0 aliphatic rings. The Hall–Kier alpha value is -1.80. The van der Waals surface area contributed by atoms with Crippen molar-refractivity contribution >= 4 is 0 Å². The minimum absolute atomic E-state index is 0.278. The molecule has 20 heavy (non-hydrogen) atoms. The van der Waals surface area contributed by atoms with E-state index in [0.29, 0.717) is 0 Å². The molecule has 0 aliphatic heterocycles. The van der Waals surface area contributed by atoms with Crippen LogP contribution in [0.1, 0.15) is 24.5 Å². The van der Waals surface area contributed by atoms with E-state index in [-0.39, 0.29) is 6.79 Å². The Bertz CT molecular complexity index is 544. The third kappa shape index (κ3) is 3.40. The Labute approximate surface area is 121 Å². The average molecular weight is 270 g/mol. The van der Waals surface area contributed by atoms with Crippen LogP contribution in [0.2, 0.25) is 0 Å². The minimum atomic E-state index is 0.278. The monoisotopic (exact) mass is 270 g/mol. The molecule has 2 aromatic carbocycles. The van der Waals surface area contributed by atoms with Crippen LogP contribution in [0.25, 0.3) is 11.1 Å². The third-order valence-corrected chi connectivity index (χ3v) is 3.42. The molecule has 0 unspecified atom stereocenters. The molecule has 0 saturated heterocycles. The van der Waals surface area contributed by atoms with Gasteiger partial charge < -0.3 is 9.47 Å². The fourth-order valence-corrected chi connectivity index (χ4v) is 2.35. The first-order chi connectivity index (χ1) is 9.76. The second kappa shape index (κ2) is 7.11. The molecule has 2 heteroatoms. The molecule has 2 aromatic rings. The summed E-state index contributed by atoms with van der Waals surface area (Å²) >= 11 is 0. The van der Waals surface area contributed by atoms with E-state index in [9.17, 15) is 0 Å². The molecule has 2 nitrogen and oxygen atoms in total. The largest absolute Gasteiger partial charge is 0.467 e. The lowest BCUT2D eigenvalue weighted by Crippen LogP contribution is -2.00. The number of methoxy groups -OCH3 is 1. The van der Waals surface area contributed by atoms with Crippen molar-refractivity contribution in [1.82, 2.24) is 0 Å². The molecule has 0 amide bonds. The van der Waals surface area contributed by atoms with Crippen LogP contribution in [-0.2, 0) is 11.2 Å². The molecular formula is C18H22O2. The number of benzene rings is 2. The molecule has 106 valence electrons. The van der Waals surface area contributed by atoms with Crippen molar-refractivity contribution in [3.63, 3.8) is 0 Å². The summed E-state index contributed by atoms with van der Waals surface area (Å²) in [7, 11) is 1.63. The van der Waals surface area contributed by atoms with Gasteiger partial charge in [-0.2, -0.15) is 0 Å². The van der Waals surface area contributed by atoms with Crippen LogP contribution in [0.15, 0.2) is 42.5 Å². The van der Waals surface area contributed by atoms with Gasteiger partial charge in [0.15, 0.2) is 6.79 Å². The summed E-state index contributed by atoms with van der Waals surface area (Å²) < 4.78 is 10.6. The lowest BCUT2D eigenvalue weighted by atomic mass is 9.98. The van der Waals surface area contributed by atoms with E-state index in [4.69, 9.17) is 9.47 Å². The molecule has 0 fully saturated rings. The van der Waals surface area contributed by atoms with Crippen molar-refractivity contribution in [1.29, 1.82) is 0 Å². The van der Waals surface area contributed by atoms with E-state index in [0.717, 1.165) is 17.7 Å². The van der Waals surface area contributed by atoms with Crippen molar-refractivity contribution in [2.24, 2.45) is 0 Å². The van der Waals surface area contributed by atoms with Crippen LogP contribution in [0.4, 0.5) is 0 Å². The molecular weight excluding hydrogens is 248 g/mol. The predicted octanol–water partition coefficient (Wildman–Crippen LogP) is 4.60. The summed E-state index contributed by atoms with van der Waals surface area (Å²) in [5, 5.41) is 0. The Morgan fingerprint density at radius 1 is 1.00 bits per heavy atom. The maximum atomic E-state index is 5.59. The summed E-state index contributed by atoms with van der Waals surface area (Å²) in [5.74, 6) is 0.877. The molecule has 0 aromatic heterocycles. The Kier molecular flexibility index (Phi) is 5.19. The molecule has 0 heterocycles. The quantitative estimate of drug-likeness (QED) is 0.714. The smallest absolute Gasteiger partial charge is 0.188 e. The van der Waals surface area contributed by atoms with Crippen LogP contribution >= 0.6 is 0 Å². The highest BCUT2D eigenvalue weighted by Crippen LogP contribution is 2.30. The third-order valence-electron chi connectivity index (χ3n) is 3.42. The fourth-order valence-electron chi connectivity index (χ4n) is 2.35. The van der Waals surface area contributed by atoms with Crippen LogP contribution < -0.4 is 4.74 Å². The zero-order valence-electron chi connectivity index (χ0n) is 12.5. The van der Waals surface area contributed by atoms with Gasteiger partial charge in [-0.3, -0.25) is 0 Å². The maximum Gasteiger partial charge on any atom is 0.188 e. The van der Waals surface area contributed by atoms with Crippen LogP contribution in [0.3, 0.4) is 0 Å². The maximum absolute atomic E-state index is 5.59. The van der Waals surface area contributed by atoms with E-state index in [2.05, 4.69) is 44.2 Å². The summed E-state index contributed by atoms with van der Waals surface area (Å²) in [6.45, 7) is 4.56. The predicted molar refractivity (Wildman–Crippen MR) is 83.1 cm³/mol. The van der Waals surface area contributed by atoms with Crippen molar-refractivity contribution in [3.05, 3.63) is 53.6 Å². The number of hydrogen-bond acceptors (Lipinski definition) is 2. The topological polar surface area (TPSA) is 18.5 Å². The van der Waals surface area contributed by atoms with Gasteiger partial charge in [0, 0.05) is 7.11 Å². The molecule has 0 atom stereocenters. The molecule has 0 N–H and O–H groups in total. The lowest BCUT2D eigenvalue weighted by Gasteiger charge is -2.12. The average Bonchev–Trinajstić information content (AvgIpc) is 2.48. The van der Waals surface area contributed by atoms with Gasteiger partial charge in [-0.15, -0.1) is 0 Å². The zero-order chi connectivity index (χ0) is 14.4. The number of hydrogen-bond donors (Lipinski definition) is 0. The van der Waals surface area contributed by atoms with Crippen LogP contribution in [0, 0.1) is 6.92 Å². The van der Waals surface area contributed by atoms with E-state index in [1.165, 1.54) is 23.1 Å². The standard InChI is InChI=1S/C18H22O2/c1-4-6-15-9-11-16(12-10-15)17-7-5-8-18(14(17)2)20-13-19-3/h5,7-12H,4,6,13H2,1-3H3. The van der Waals surface area contributed by atoms with Crippen molar-refractivity contribution < 1.29 is 9.47 Å². The number of ether oxygens (including phenoxy) is 2. The highest BCUT2D eigenvalue weighted by atomic mass is 16.7. The Morgan fingerprint density at radius 3 is 2.40 bits per heavy atom. The van der Waals surface area contributed by atoms with Crippen LogP contribution in [0.5, 0.6) is 5.75 Å². The van der Waals surface area contributed by atoms with Gasteiger partial charge in [0.1, 0.15) is 5.75 Å². The molecule has 2 rings (SSSR count).